The van der Waals surface area contributed by atoms with Crippen molar-refractivity contribution >= 4 is 71.0 Å². The summed E-state index contributed by atoms with van der Waals surface area (Å²) in [6, 6.07) is -11.4. The number of hydrogen-bond donors (Lipinski definition) is 7. The number of carbonyl (C=O) groups is 12. The lowest BCUT2D eigenvalue weighted by molar-refractivity contribution is -0.157. The Hall–Kier alpha value is -6.70. The van der Waals surface area contributed by atoms with E-state index >= 15 is 0 Å². The summed E-state index contributed by atoms with van der Waals surface area (Å²) >= 11 is 0. The van der Waals surface area contributed by atoms with Crippen molar-refractivity contribution in [1.82, 2.24) is 56.0 Å². The molecular formula is C67H121N11O15. The number of aliphatic hydroxyl groups excluding tert-OH is 1. The van der Waals surface area contributed by atoms with Crippen LogP contribution in [0.4, 0.5) is 0 Å². The first-order valence-electron chi connectivity index (χ1n) is 33.1. The van der Waals surface area contributed by atoms with E-state index in [1.165, 1.54) is 89.9 Å². The smallest absolute Gasteiger partial charge is 0.326 e. The molecule has 0 aliphatic rings. The molecule has 26 nitrogen and oxygen atoms in total. The van der Waals surface area contributed by atoms with Crippen molar-refractivity contribution in [2.45, 2.75) is 242 Å². The first-order chi connectivity index (χ1) is 43.1. The molecule has 0 aliphatic heterocycles. The van der Waals surface area contributed by atoms with E-state index in [1.807, 2.05) is 67.5 Å². The van der Waals surface area contributed by atoms with Gasteiger partial charge in [0.25, 0.3) is 0 Å². The van der Waals surface area contributed by atoms with Crippen LogP contribution in [0.2, 0.25) is 0 Å². The third kappa shape index (κ3) is 28.0. The van der Waals surface area contributed by atoms with E-state index in [9.17, 15) is 67.7 Å². The predicted molar refractivity (Wildman–Crippen MR) is 357 cm³/mol. The van der Waals surface area contributed by atoms with Gasteiger partial charge in [-0.05, 0) is 120 Å². The maximum absolute atomic E-state index is 14.6. The number of rotatable bonds is 42. The fraction of sp³-hybridized carbons (Fsp3) is 0.791. The number of nitrogens with one attached hydrogen (secondary N) is 5. The van der Waals surface area contributed by atoms with Gasteiger partial charge in [-0.15, -0.1) is 0 Å². The maximum atomic E-state index is 14.6. The fourth-order valence-corrected chi connectivity index (χ4v) is 11.0. The highest BCUT2D eigenvalue weighted by Crippen LogP contribution is 2.23. The number of likely N-dealkylation sites (N-methyl/N-ethyl adjacent to an activating group) is 7. The molecule has 0 fully saturated rings. The Morgan fingerprint density at radius 2 is 0.935 bits per heavy atom. The van der Waals surface area contributed by atoms with Crippen molar-refractivity contribution in [3.05, 3.63) is 12.2 Å². The molecule has 0 spiro atoms. The van der Waals surface area contributed by atoms with Crippen LogP contribution >= 0.6 is 0 Å². The molecule has 12 atom stereocenters. The summed E-state index contributed by atoms with van der Waals surface area (Å²) in [5.74, 6) is -9.53. The van der Waals surface area contributed by atoms with Crippen LogP contribution < -0.4 is 26.6 Å². The van der Waals surface area contributed by atoms with Gasteiger partial charge in [0.1, 0.15) is 60.4 Å². The number of allylic oxidation sites excluding steroid dienone is 2. The van der Waals surface area contributed by atoms with Crippen LogP contribution in [0.1, 0.15) is 175 Å². The van der Waals surface area contributed by atoms with E-state index in [1.54, 1.807) is 41.5 Å². The SMILES string of the molecule is CCC(NC(=O)C(NC)[C@H](O)[C@H](C)C/C=C/CCCCC(=O)OC)C(=O)N(C)CC(=O)N(C)[C@@H](CC(C)C)C(=O)N[C@H](C(=O)N(C)[C@@H](CC(C)C)C(=O)N[C@H](C)C(=O)N[C@H](C)C(=O)N(C)[C@@H](CC(C)C)C(=O)N(C)[C@@H](CC(C)C)C(=O)N(C)[C@H](C(=O)O)C(C)C)C(C)C. The maximum Gasteiger partial charge on any atom is 0.326 e. The van der Waals surface area contributed by atoms with Gasteiger partial charge in [0, 0.05) is 48.7 Å². The number of methoxy groups -OCH3 is 1. The van der Waals surface area contributed by atoms with Crippen LogP contribution in [0.5, 0.6) is 0 Å². The number of ether oxygens (including phenoxy) is 1. The Kier molecular flexibility index (Phi) is 38.9. The lowest BCUT2D eigenvalue weighted by Gasteiger charge is -2.39. The van der Waals surface area contributed by atoms with E-state index in [-0.39, 0.29) is 67.7 Å². The Labute approximate surface area is 555 Å². The minimum atomic E-state index is -1.25. The number of carbonyl (C=O) groups excluding carboxylic acids is 11. The van der Waals surface area contributed by atoms with Gasteiger partial charge in [0.2, 0.25) is 59.1 Å². The lowest BCUT2D eigenvalue weighted by Crippen LogP contribution is -2.61. The largest absolute Gasteiger partial charge is 0.480 e. The Morgan fingerprint density at radius 1 is 0.484 bits per heavy atom. The average Bonchev–Trinajstić information content (AvgIpc) is 0.832. The summed E-state index contributed by atoms with van der Waals surface area (Å²) in [5, 5.41) is 34.9. The van der Waals surface area contributed by atoms with Gasteiger partial charge in [0.05, 0.1) is 19.8 Å². The Morgan fingerprint density at radius 3 is 1.39 bits per heavy atom. The van der Waals surface area contributed by atoms with Crippen molar-refractivity contribution in [3.63, 3.8) is 0 Å². The molecule has 0 saturated carbocycles. The lowest BCUT2D eigenvalue weighted by atomic mass is 9.93. The molecule has 0 rings (SSSR count). The highest BCUT2D eigenvalue weighted by Gasteiger charge is 2.42. The van der Waals surface area contributed by atoms with Crippen molar-refractivity contribution < 1.29 is 72.5 Å². The van der Waals surface area contributed by atoms with E-state index < -0.39 is 150 Å². The zero-order valence-corrected chi connectivity index (χ0v) is 60.7. The van der Waals surface area contributed by atoms with Gasteiger partial charge in [0.15, 0.2) is 0 Å². The molecule has 534 valence electrons. The number of carboxylic acid groups (broad SMARTS) is 1. The number of carboxylic acids is 1. The molecule has 0 aromatic heterocycles. The van der Waals surface area contributed by atoms with Crippen LogP contribution in [0.15, 0.2) is 12.2 Å². The number of hydrogen-bond acceptors (Lipinski definition) is 15. The quantitative estimate of drug-likeness (QED) is 0.0260. The van der Waals surface area contributed by atoms with E-state index in [4.69, 9.17) is 0 Å². The first-order valence-corrected chi connectivity index (χ1v) is 33.1. The molecule has 0 bridgehead atoms. The topological polar surface area (TPSA) is 334 Å². The standard InChI is InChI=1S/C67H121N11O15/c1-25-47(71-61(85)55(68-17)57(81)44(14)31-29-27-26-28-30-32-53(80)93-24)63(87)73(18)37-52(79)74(19)48(33-38(2)3)60(84)72-54(42(10)11)66(90)75(20)49(34-39(4)5)59(83)69-45(15)58(82)70-46(16)62(86)76(21)50(35-40(6)7)64(88)77(22)51(36-41(8)9)65(89)78(23)56(43(12)13)67(91)92/h27,29,38-51,54-57,68,81H,25-26,28,30-37H2,1-24H3,(H,69,83)(H,70,82)(H,71,85)(H,72,84)(H,91,92)/b29-27+/t44-,45-,46-,47?,48+,49+,50+,51+,54+,55?,56+,57-/m1/s1. The third-order valence-corrected chi connectivity index (χ3v) is 16.8. The highest BCUT2D eigenvalue weighted by atomic mass is 16.5. The zero-order chi connectivity index (χ0) is 72.2. The second kappa shape index (κ2) is 41.9. The molecule has 93 heavy (non-hydrogen) atoms. The van der Waals surface area contributed by atoms with Gasteiger partial charge < -0.3 is 70.9 Å². The highest BCUT2D eigenvalue weighted by molar-refractivity contribution is 5.98. The number of aliphatic hydroxyl groups is 1. The molecule has 2 unspecified atom stereocenters. The summed E-state index contributed by atoms with van der Waals surface area (Å²) in [6.07, 6.45) is 6.61. The van der Waals surface area contributed by atoms with E-state index in [2.05, 4.69) is 31.3 Å². The fourth-order valence-electron chi connectivity index (χ4n) is 11.0. The number of aliphatic carboxylic acids is 1. The van der Waals surface area contributed by atoms with Gasteiger partial charge >= 0.3 is 11.9 Å². The van der Waals surface area contributed by atoms with Crippen LogP contribution in [0.3, 0.4) is 0 Å². The molecule has 0 aromatic rings. The molecule has 0 radical (unpaired) electrons. The number of amides is 10. The molecular weight excluding hydrogens is 1200 g/mol. The van der Waals surface area contributed by atoms with Crippen molar-refractivity contribution in [3.8, 4) is 0 Å². The van der Waals surface area contributed by atoms with Crippen LogP contribution in [-0.4, -0.2) is 240 Å². The van der Waals surface area contributed by atoms with Crippen molar-refractivity contribution in [2.75, 3.05) is 63.0 Å². The second-order valence-corrected chi connectivity index (χ2v) is 27.5. The van der Waals surface area contributed by atoms with Crippen LogP contribution in [-0.2, 0) is 62.3 Å². The minimum absolute atomic E-state index is 0.0779. The van der Waals surface area contributed by atoms with Crippen LogP contribution in [0, 0.1) is 41.4 Å². The van der Waals surface area contributed by atoms with Gasteiger partial charge in [-0.2, -0.15) is 0 Å². The Bertz CT molecular complexity index is 2490. The molecule has 0 aromatic carbocycles. The first kappa shape index (κ1) is 86.3. The molecule has 10 amide bonds. The van der Waals surface area contributed by atoms with E-state index in [0.29, 0.717) is 19.3 Å². The monoisotopic (exact) mass is 1320 g/mol. The second-order valence-electron chi connectivity index (χ2n) is 27.5. The zero-order valence-electron chi connectivity index (χ0n) is 60.7. The predicted octanol–water partition coefficient (Wildman–Crippen LogP) is 3.81. The van der Waals surface area contributed by atoms with Gasteiger partial charge in [-0.25, -0.2) is 4.79 Å². The van der Waals surface area contributed by atoms with Crippen LogP contribution in [0.25, 0.3) is 0 Å². The van der Waals surface area contributed by atoms with Gasteiger partial charge in [-0.1, -0.05) is 109 Å². The summed E-state index contributed by atoms with van der Waals surface area (Å²) in [6.45, 7) is 27.6. The molecule has 26 heteroatoms. The Balaban J connectivity index is 6.40. The number of nitrogens with zero attached hydrogens (tertiary/aromatic N) is 6. The molecule has 0 aliphatic carbocycles. The normalized spacial score (nSPS) is 15.6. The number of unbranched alkanes of at least 4 members (excludes halogenated alkanes) is 2. The van der Waals surface area contributed by atoms with Crippen molar-refractivity contribution in [1.29, 1.82) is 0 Å². The van der Waals surface area contributed by atoms with E-state index in [0.717, 1.165) is 22.6 Å². The number of esters is 1. The van der Waals surface area contributed by atoms with Gasteiger partial charge in [-0.3, -0.25) is 52.7 Å². The molecule has 7 N–H and O–H groups in total. The summed E-state index contributed by atoms with van der Waals surface area (Å²) in [4.78, 5) is 172. The molecule has 0 heterocycles. The molecule has 0 saturated heterocycles. The average molecular weight is 1320 g/mol. The third-order valence-electron chi connectivity index (χ3n) is 16.8. The minimum Gasteiger partial charge on any atom is -0.480 e. The summed E-state index contributed by atoms with van der Waals surface area (Å²) in [7, 11) is 11.4. The summed E-state index contributed by atoms with van der Waals surface area (Å²) < 4.78 is 4.67. The van der Waals surface area contributed by atoms with Crippen molar-refractivity contribution in [2.24, 2.45) is 41.4 Å². The summed E-state index contributed by atoms with van der Waals surface area (Å²) in [5.41, 5.74) is 0.